The molecule has 0 rings (SSSR count). The van der Waals surface area contributed by atoms with E-state index in [4.69, 9.17) is 11.5 Å². The minimum Gasteiger partial charge on any atom is -0.466 e. The van der Waals surface area contributed by atoms with Crippen LogP contribution < -0.4 is 27.4 Å². The number of primary amides is 1. The maximum atomic E-state index is 12.6. The SMILES string of the molecule is CCCC(NC(=O)[C@@H](N)CCSC)C(=O)N[C@@H](CNC(=O)/C=C/C(=O)OC)C(N)=O. The number of nitrogens with two attached hydrogens (primary N) is 2. The maximum Gasteiger partial charge on any atom is 0.330 e. The smallest absolute Gasteiger partial charge is 0.330 e. The molecule has 0 aliphatic heterocycles. The van der Waals surface area contributed by atoms with E-state index < -0.39 is 47.7 Å². The van der Waals surface area contributed by atoms with Crippen LogP contribution >= 0.6 is 11.8 Å². The number of ether oxygens (including phenoxy) is 1. The zero-order valence-electron chi connectivity index (χ0n) is 17.4. The second kappa shape index (κ2) is 15.3. The molecule has 0 aromatic carbocycles. The highest BCUT2D eigenvalue weighted by Crippen LogP contribution is 2.02. The molecule has 1 unspecified atom stereocenters. The van der Waals surface area contributed by atoms with E-state index in [0.29, 0.717) is 25.0 Å². The highest BCUT2D eigenvalue weighted by atomic mass is 32.2. The maximum absolute atomic E-state index is 12.6. The molecule has 30 heavy (non-hydrogen) atoms. The molecule has 7 N–H and O–H groups in total. The molecular formula is C18H31N5O6S. The normalized spacial score (nSPS) is 13.7. The highest BCUT2D eigenvalue weighted by Gasteiger charge is 2.26. The Labute approximate surface area is 180 Å². The summed E-state index contributed by atoms with van der Waals surface area (Å²) >= 11 is 1.55. The van der Waals surface area contributed by atoms with Crippen molar-refractivity contribution < 1.29 is 28.7 Å². The minimum atomic E-state index is -1.21. The van der Waals surface area contributed by atoms with Crippen molar-refractivity contribution >= 4 is 41.4 Å². The summed E-state index contributed by atoms with van der Waals surface area (Å²) in [5.41, 5.74) is 11.1. The topological polar surface area (TPSA) is 183 Å². The Balaban J connectivity index is 4.91. The molecular weight excluding hydrogens is 414 g/mol. The summed E-state index contributed by atoms with van der Waals surface area (Å²) in [6.07, 6.45) is 5.10. The predicted molar refractivity (Wildman–Crippen MR) is 113 cm³/mol. The Morgan fingerprint density at radius 2 is 1.67 bits per heavy atom. The minimum absolute atomic E-state index is 0.300. The van der Waals surface area contributed by atoms with Crippen LogP contribution in [0.4, 0.5) is 0 Å². The highest BCUT2D eigenvalue weighted by molar-refractivity contribution is 7.98. The number of hydrogen-bond acceptors (Lipinski definition) is 8. The molecule has 12 heteroatoms. The molecule has 4 amide bonds. The Morgan fingerprint density at radius 3 is 2.20 bits per heavy atom. The Hall–Kier alpha value is -2.60. The molecule has 0 aliphatic rings. The van der Waals surface area contributed by atoms with Crippen molar-refractivity contribution in [1.29, 1.82) is 0 Å². The van der Waals surface area contributed by atoms with Gasteiger partial charge in [0, 0.05) is 18.7 Å². The van der Waals surface area contributed by atoms with Gasteiger partial charge in [-0.1, -0.05) is 13.3 Å². The first-order valence-corrected chi connectivity index (χ1v) is 10.7. The van der Waals surface area contributed by atoms with Gasteiger partial charge in [0.05, 0.1) is 13.2 Å². The number of esters is 1. The van der Waals surface area contributed by atoms with E-state index in [1.807, 2.05) is 13.2 Å². The first-order valence-electron chi connectivity index (χ1n) is 9.34. The lowest BCUT2D eigenvalue weighted by Gasteiger charge is -2.23. The van der Waals surface area contributed by atoms with Crippen LogP contribution in [0, 0.1) is 0 Å². The molecule has 0 aliphatic carbocycles. The van der Waals surface area contributed by atoms with E-state index in [1.165, 1.54) is 0 Å². The van der Waals surface area contributed by atoms with Gasteiger partial charge in [-0.05, 0) is 24.9 Å². The monoisotopic (exact) mass is 445 g/mol. The van der Waals surface area contributed by atoms with Crippen molar-refractivity contribution in [3.63, 3.8) is 0 Å². The van der Waals surface area contributed by atoms with Crippen LogP contribution in [0.2, 0.25) is 0 Å². The van der Waals surface area contributed by atoms with Gasteiger partial charge in [0.1, 0.15) is 12.1 Å². The molecule has 0 saturated heterocycles. The standard InChI is InChI=1S/C18H31N5O6S/c1-4-5-12(22-17(27)11(19)8-9-30-3)18(28)23-13(16(20)26)10-21-14(24)6-7-15(25)29-2/h6-7,11-13H,4-5,8-10,19H2,1-3H3,(H2,20,26)(H,21,24)(H,22,27)(H,23,28)/b7-6+/t11-,12?,13-/m0/s1. The third kappa shape index (κ3) is 11.4. The summed E-state index contributed by atoms with van der Waals surface area (Å²) in [6.45, 7) is 1.53. The van der Waals surface area contributed by atoms with Crippen molar-refractivity contribution in [2.24, 2.45) is 11.5 Å². The second-order valence-corrected chi connectivity index (χ2v) is 7.29. The summed E-state index contributed by atoms with van der Waals surface area (Å²) in [6, 6.07) is -2.87. The number of nitrogens with one attached hydrogen (secondary N) is 3. The van der Waals surface area contributed by atoms with Crippen LogP contribution in [0.25, 0.3) is 0 Å². The summed E-state index contributed by atoms with van der Waals surface area (Å²) < 4.78 is 4.35. The van der Waals surface area contributed by atoms with Gasteiger partial charge in [0.15, 0.2) is 0 Å². The number of rotatable bonds is 14. The van der Waals surface area contributed by atoms with E-state index in [0.717, 1.165) is 19.3 Å². The molecule has 3 atom stereocenters. The molecule has 11 nitrogen and oxygen atoms in total. The van der Waals surface area contributed by atoms with E-state index in [2.05, 4.69) is 20.7 Å². The molecule has 0 aromatic heterocycles. The van der Waals surface area contributed by atoms with Gasteiger partial charge >= 0.3 is 5.97 Å². The largest absolute Gasteiger partial charge is 0.466 e. The van der Waals surface area contributed by atoms with Crippen molar-refractivity contribution in [3.8, 4) is 0 Å². The van der Waals surface area contributed by atoms with E-state index >= 15 is 0 Å². The number of carbonyl (C=O) groups is 5. The summed E-state index contributed by atoms with van der Waals surface area (Å²) in [7, 11) is 1.16. The van der Waals surface area contributed by atoms with E-state index in [9.17, 15) is 24.0 Å². The van der Waals surface area contributed by atoms with Crippen LogP contribution in [0.15, 0.2) is 12.2 Å². The van der Waals surface area contributed by atoms with Crippen molar-refractivity contribution in [2.45, 2.75) is 44.3 Å². The number of amides is 4. The van der Waals surface area contributed by atoms with Crippen molar-refractivity contribution in [1.82, 2.24) is 16.0 Å². The molecule has 0 aromatic rings. The summed E-state index contributed by atoms with van der Waals surface area (Å²) in [4.78, 5) is 59.1. The van der Waals surface area contributed by atoms with Crippen LogP contribution in [0.5, 0.6) is 0 Å². The first-order chi connectivity index (χ1) is 14.2. The molecule has 0 radical (unpaired) electrons. The number of methoxy groups -OCH3 is 1. The zero-order chi connectivity index (χ0) is 23.1. The zero-order valence-corrected chi connectivity index (χ0v) is 18.3. The first kappa shape index (κ1) is 27.4. The van der Waals surface area contributed by atoms with Gasteiger partial charge in [-0.2, -0.15) is 11.8 Å². The molecule has 0 heterocycles. The van der Waals surface area contributed by atoms with Gasteiger partial charge < -0.3 is 32.2 Å². The quantitative estimate of drug-likeness (QED) is 0.153. The van der Waals surface area contributed by atoms with Crippen molar-refractivity contribution in [2.75, 3.05) is 25.7 Å². The Bertz CT molecular complexity index is 643. The fourth-order valence-electron chi connectivity index (χ4n) is 2.18. The lowest BCUT2D eigenvalue weighted by molar-refractivity contribution is -0.135. The molecule has 0 bridgehead atoms. The average Bonchev–Trinajstić information content (AvgIpc) is 2.71. The van der Waals surface area contributed by atoms with Gasteiger partial charge in [-0.15, -0.1) is 0 Å². The third-order valence-corrected chi connectivity index (χ3v) is 4.54. The number of carbonyl (C=O) groups excluding carboxylic acids is 5. The average molecular weight is 446 g/mol. The lowest BCUT2D eigenvalue weighted by atomic mass is 10.1. The van der Waals surface area contributed by atoms with Gasteiger partial charge in [0.25, 0.3) is 0 Å². The Morgan fingerprint density at radius 1 is 1.03 bits per heavy atom. The van der Waals surface area contributed by atoms with Crippen LogP contribution in [0.1, 0.15) is 26.2 Å². The molecule has 0 fully saturated rings. The molecule has 0 saturated carbocycles. The van der Waals surface area contributed by atoms with E-state index in [-0.39, 0.29) is 6.54 Å². The van der Waals surface area contributed by atoms with Crippen LogP contribution in [0.3, 0.4) is 0 Å². The fraction of sp³-hybridized carbons (Fsp3) is 0.611. The number of thioether (sulfide) groups is 1. The third-order valence-electron chi connectivity index (χ3n) is 3.89. The van der Waals surface area contributed by atoms with Gasteiger partial charge in [-0.3, -0.25) is 19.2 Å². The Kier molecular flexibility index (Phi) is 13.9. The molecule has 170 valence electrons. The van der Waals surface area contributed by atoms with Gasteiger partial charge in [0.2, 0.25) is 23.6 Å². The predicted octanol–water partition coefficient (Wildman–Crippen LogP) is -1.83. The summed E-state index contributed by atoms with van der Waals surface area (Å²) in [5, 5.41) is 7.35. The lowest BCUT2D eigenvalue weighted by Crippen LogP contribution is -2.57. The summed E-state index contributed by atoms with van der Waals surface area (Å²) in [5.74, 6) is -2.66. The second-order valence-electron chi connectivity index (χ2n) is 6.30. The van der Waals surface area contributed by atoms with Crippen LogP contribution in [-0.4, -0.2) is 73.4 Å². The van der Waals surface area contributed by atoms with E-state index in [1.54, 1.807) is 11.8 Å². The van der Waals surface area contributed by atoms with Crippen LogP contribution in [-0.2, 0) is 28.7 Å². The van der Waals surface area contributed by atoms with Crippen molar-refractivity contribution in [3.05, 3.63) is 12.2 Å². The molecule has 0 spiro atoms. The van der Waals surface area contributed by atoms with Gasteiger partial charge in [-0.25, -0.2) is 4.79 Å². The number of hydrogen-bond donors (Lipinski definition) is 5. The fourth-order valence-corrected chi connectivity index (χ4v) is 2.67.